The van der Waals surface area contributed by atoms with Crippen LogP contribution in [0.1, 0.15) is 55.6 Å². The lowest BCUT2D eigenvalue weighted by molar-refractivity contribution is 0.0239. The van der Waals surface area contributed by atoms with E-state index in [9.17, 15) is 14.4 Å². The highest BCUT2D eigenvalue weighted by Gasteiger charge is 2.30. The number of ether oxygens (including phenoxy) is 2. The number of piperazine rings is 1. The number of carbonyl (C=O) groups excluding carboxylic acids is 3. The van der Waals surface area contributed by atoms with Crippen LogP contribution in [0, 0.1) is 0 Å². The fourth-order valence-corrected chi connectivity index (χ4v) is 2.91. The number of hydrogen-bond acceptors (Lipinski definition) is 7. The molecule has 0 radical (unpaired) electrons. The topological polar surface area (TPSA) is 94.0 Å². The van der Waals surface area contributed by atoms with E-state index in [0.29, 0.717) is 45.0 Å². The molecule has 1 aromatic rings. The zero-order valence-corrected chi connectivity index (χ0v) is 16.7. The number of hydrogen-bond donors (Lipinski definition) is 0. The van der Waals surface area contributed by atoms with E-state index in [1.165, 1.54) is 0 Å². The van der Waals surface area contributed by atoms with E-state index in [-0.39, 0.29) is 24.1 Å². The second-order valence-corrected chi connectivity index (χ2v) is 7.18. The Balaban J connectivity index is 2.17. The number of carbonyl (C=O) groups is 3. The van der Waals surface area contributed by atoms with Crippen LogP contribution in [0.4, 0.5) is 10.7 Å². The van der Waals surface area contributed by atoms with E-state index in [0.717, 1.165) is 0 Å². The number of esters is 1. The van der Waals surface area contributed by atoms with Gasteiger partial charge in [-0.15, -0.1) is 0 Å². The molecule has 9 heteroatoms. The zero-order chi connectivity index (χ0) is 20.2. The lowest BCUT2D eigenvalue weighted by Crippen LogP contribution is -2.50. The SMILES string of the molecule is CCOC(=O)c1c(C=O)nc(N2CCN(C(=O)OC(C)(C)C)CC2)n1CC. The first-order valence-corrected chi connectivity index (χ1v) is 9.17. The third-order valence-corrected chi connectivity index (χ3v) is 4.09. The lowest BCUT2D eigenvalue weighted by Gasteiger charge is -2.36. The Hall–Kier alpha value is -2.58. The Morgan fingerprint density at radius 2 is 1.78 bits per heavy atom. The fraction of sp³-hybridized carbons (Fsp3) is 0.667. The molecule has 0 atom stereocenters. The van der Waals surface area contributed by atoms with Gasteiger partial charge >= 0.3 is 12.1 Å². The van der Waals surface area contributed by atoms with Gasteiger partial charge in [-0.25, -0.2) is 14.6 Å². The van der Waals surface area contributed by atoms with Gasteiger partial charge in [-0.05, 0) is 34.6 Å². The fourth-order valence-electron chi connectivity index (χ4n) is 2.91. The summed E-state index contributed by atoms with van der Waals surface area (Å²) >= 11 is 0. The van der Waals surface area contributed by atoms with Gasteiger partial charge in [0.25, 0.3) is 0 Å². The monoisotopic (exact) mass is 380 g/mol. The van der Waals surface area contributed by atoms with Crippen LogP contribution in [0.2, 0.25) is 0 Å². The molecule has 2 heterocycles. The molecule has 27 heavy (non-hydrogen) atoms. The lowest BCUT2D eigenvalue weighted by atomic mass is 10.2. The minimum absolute atomic E-state index is 0.0693. The van der Waals surface area contributed by atoms with Crippen molar-refractivity contribution in [3.8, 4) is 0 Å². The molecule has 0 bridgehead atoms. The summed E-state index contributed by atoms with van der Waals surface area (Å²) in [4.78, 5) is 43.8. The molecule has 0 spiro atoms. The normalized spacial score (nSPS) is 14.9. The number of imidazole rings is 1. The van der Waals surface area contributed by atoms with E-state index >= 15 is 0 Å². The van der Waals surface area contributed by atoms with Crippen LogP contribution in [0.25, 0.3) is 0 Å². The summed E-state index contributed by atoms with van der Waals surface area (Å²) in [6.07, 6.45) is 0.223. The van der Waals surface area contributed by atoms with Gasteiger partial charge in [0.05, 0.1) is 6.61 Å². The van der Waals surface area contributed by atoms with Crippen molar-refractivity contribution < 1.29 is 23.9 Å². The Labute approximate surface area is 159 Å². The number of anilines is 1. The Morgan fingerprint density at radius 3 is 2.26 bits per heavy atom. The Morgan fingerprint density at radius 1 is 1.15 bits per heavy atom. The summed E-state index contributed by atoms with van der Waals surface area (Å²) in [5, 5.41) is 0. The van der Waals surface area contributed by atoms with Crippen molar-refractivity contribution in [2.75, 3.05) is 37.7 Å². The summed E-state index contributed by atoms with van der Waals surface area (Å²) in [7, 11) is 0. The van der Waals surface area contributed by atoms with Crippen LogP contribution < -0.4 is 4.90 Å². The third kappa shape index (κ3) is 4.78. The van der Waals surface area contributed by atoms with Crippen molar-refractivity contribution in [2.45, 2.75) is 46.8 Å². The van der Waals surface area contributed by atoms with Gasteiger partial charge in [0.2, 0.25) is 5.95 Å². The maximum Gasteiger partial charge on any atom is 0.410 e. The molecular formula is C18H28N4O5. The standard InChI is InChI=1S/C18H28N4O5/c1-6-22-14(15(24)26-7-2)13(12-23)19-16(22)20-8-10-21(11-9-20)17(25)27-18(3,4)5/h12H,6-11H2,1-5H3. The summed E-state index contributed by atoms with van der Waals surface area (Å²) in [6.45, 7) is 11.8. The molecule has 2 rings (SSSR count). The molecule has 1 amide bonds. The molecule has 1 aromatic heterocycles. The van der Waals surface area contributed by atoms with Gasteiger partial charge in [0.1, 0.15) is 11.3 Å². The van der Waals surface area contributed by atoms with Crippen molar-refractivity contribution >= 4 is 24.3 Å². The van der Waals surface area contributed by atoms with Crippen molar-refractivity contribution in [2.24, 2.45) is 0 Å². The van der Waals surface area contributed by atoms with Gasteiger partial charge in [-0.2, -0.15) is 0 Å². The van der Waals surface area contributed by atoms with Crippen LogP contribution in [0.15, 0.2) is 0 Å². The molecule has 0 unspecified atom stereocenters. The number of amides is 1. The number of aromatic nitrogens is 2. The molecule has 150 valence electrons. The molecule has 1 saturated heterocycles. The molecule has 0 aromatic carbocycles. The second kappa shape index (κ2) is 8.41. The smallest absolute Gasteiger partial charge is 0.410 e. The maximum atomic E-state index is 12.2. The highest BCUT2D eigenvalue weighted by atomic mass is 16.6. The molecule has 9 nitrogen and oxygen atoms in total. The van der Waals surface area contributed by atoms with Crippen LogP contribution in [-0.2, 0) is 16.0 Å². The summed E-state index contributed by atoms with van der Waals surface area (Å²) in [5.74, 6) is -0.0286. The highest BCUT2D eigenvalue weighted by Crippen LogP contribution is 2.22. The zero-order valence-electron chi connectivity index (χ0n) is 16.7. The first-order valence-electron chi connectivity index (χ1n) is 9.17. The maximum absolute atomic E-state index is 12.2. The predicted molar refractivity (Wildman–Crippen MR) is 99.3 cm³/mol. The largest absolute Gasteiger partial charge is 0.461 e. The van der Waals surface area contributed by atoms with E-state index in [4.69, 9.17) is 9.47 Å². The number of aldehydes is 1. The quantitative estimate of drug-likeness (QED) is 0.569. The molecule has 1 fully saturated rings. The van der Waals surface area contributed by atoms with Crippen molar-refractivity contribution in [3.63, 3.8) is 0 Å². The Kier molecular flexibility index (Phi) is 6.45. The van der Waals surface area contributed by atoms with E-state index < -0.39 is 11.6 Å². The Bertz CT molecular complexity index is 699. The van der Waals surface area contributed by atoms with E-state index in [2.05, 4.69) is 4.98 Å². The van der Waals surface area contributed by atoms with Crippen molar-refractivity contribution in [3.05, 3.63) is 11.4 Å². The highest BCUT2D eigenvalue weighted by molar-refractivity contribution is 5.96. The van der Waals surface area contributed by atoms with Gasteiger partial charge < -0.3 is 23.8 Å². The minimum Gasteiger partial charge on any atom is -0.461 e. The average Bonchev–Trinajstić information content (AvgIpc) is 2.99. The van der Waals surface area contributed by atoms with Gasteiger partial charge in [-0.1, -0.05) is 0 Å². The van der Waals surface area contributed by atoms with E-state index in [1.54, 1.807) is 16.4 Å². The van der Waals surface area contributed by atoms with Gasteiger partial charge in [0.15, 0.2) is 12.0 Å². The molecule has 1 aliphatic heterocycles. The van der Waals surface area contributed by atoms with Crippen LogP contribution in [0.3, 0.4) is 0 Å². The molecule has 0 saturated carbocycles. The summed E-state index contributed by atoms with van der Waals surface area (Å²) in [5.41, 5.74) is -0.307. The summed E-state index contributed by atoms with van der Waals surface area (Å²) in [6, 6.07) is 0. The van der Waals surface area contributed by atoms with Crippen molar-refractivity contribution in [1.82, 2.24) is 14.5 Å². The number of nitrogens with zero attached hydrogens (tertiary/aromatic N) is 4. The number of rotatable bonds is 5. The molecule has 0 N–H and O–H groups in total. The molecule has 1 aliphatic rings. The van der Waals surface area contributed by atoms with Gasteiger partial charge in [0, 0.05) is 32.7 Å². The first kappa shape index (κ1) is 20.7. The van der Waals surface area contributed by atoms with E-state index in [1.807, 2.05) is 32.6 Å². The molecular weight excluding hydrogens is 352 g/mol. The van der Waals surface area contributed by atoms with Crippen LogP contribution >= 0.6 is 0 Å². The average molecular weight is 380 g/mol. The minimum atomic E-state index is -0.562. The first-order chi connectivity index (χ1) is 12.7. The molecule has 0 aliphatic carbocycles. The van der Waals surface area contributed by atoms with Gasteiger partial charge in [-0.3, -0.25) is 4.79 Å². The summed E-state index contributed by atoms with van der Waals surface area (Å²) < 4.78 is 12.1. The predicted octanol–water partition coefficient (Wildman–Crippen LogP) is 1.95. The second-order valence-electron chi connectivity index (χ2n) is 7.18. The van der Waals surface area contributed by atoms with Crippen molar-refractivity contribution in [1.29, 1.82) is 0 Å². The van der Waals surface area contributed by atoms with Crippen LogP contribution in [0.5, 0.6) is 0 Å². The van der Waals surface area contributed by atoms with Crippen LogP contribution in [-0.4, -0.2) is 71.2 Å². The third-order valence-electron chi connectivity index (χ3n) is 4.09.